The first-order valence-electron chi connectivity index (χ1n) is 5.92. The Morgan fingerprint density at radius 3 is 1.78 bits per heavy atom. The summed E-state index contributed by atoms with van der Waals surface area (Å²) in [5, 5.41) is 19.6. The van der Waals surface area contributed by atoms with E-state index in [0.29, 0.717) is 5.56 Å². The summed E-state index contributed by atoms with van der Waals surface area (Å²) in [6.07, 6.45) is 0. The third kappa shape index (κ3) is 2.31. The fourth-order valence-corrected chi connectivity index (χ4v) is 2.10. The minimum atomic E-state index is -0.362. The standard InChI is InChI=1S/C15H17NO2/c1-10(11-6-2-4-8-13(11)17)15(16)12-7-3-5-9-14(12)18/h2-10,15,17-18H,16H2,1H3/t10-,15+/m1/s1. The predicted octanol–water partition coefficient (Wildman–Crippen LogP) is 2.90. The van der Waals surface area contributed by atoms with Gasteiger partial charge in [0, 0.05) is 17.5 Å². The second-order valence-electron chi connectivity index (χ2n) is 4.43. The molecule has 0 aliphatic rings. The van der Waals surface area contributed by atoms with E-state index in [2.05, 4.69) is 0 Å². The summed E-state index contributed by atoms with van der Waals surface area (Å²) in [4.78, 5) is 0. The van der Waals surface area contributed by atoms with Crippen molar-refractivity contribution in [2.75, 3.05) is 0 Å². The van der Waals surface area contributed by atoms with Crippen molar-refractivity contribution in [1.29, 1.82) is 0 Å². The summed E-state index contributed by atoms with van der Waals surface area (Å²) < 4.78 is 0. The van der Waals surface area contributed by atoms with Crippen LogP contribution in [0, 0.1) is 0 Å². The maximum Gasteiger partial charge on any atom is 0.120 e. The molecule has 0 amide bonds. The summed E-state index contributed by atoms with van der Waals surface area (Å²) in [6, 6.07) is 13.8. The van der Waals surface area contributed by atoms with Gasteiger partial charge in [-0.25, -0.2) is 0 Å². The zero-order chi connectivity index (χ0) is 13.1. The maximum absolute atomic E-state index is 9.83. The molecule has 18 heavy (non-hydrogen) atoms. The third-order valence-electron chi connectivity index (χ3n) is 3.26. The van der Waals surface area contributed by atoms with Gasteiger partial charge in [-0.3, -0.25) is 0 Å². The number of para-hydroxylation sites is 2. The van der Waals surface area contributed by atoms with Crippen LogP contribution in [0.3, 0.4) is 0 Å². The van der Waals surface area contributed by atoms with E-state index in [0.717, 1.165) is 5.56 Å². The molecule has 2 rings (SSSR count). The van der Waals surface area contributed by atoms with Gasteiger partial charge in [0.25, 0.3) is 0 Å². The molecule has 2 aromatic carbocycles. The van der Waals surface area contributed by atoms with Gasteiger partial charge < -0.3 is 15.9 Å². The molecular weight excluding hydrogens is 226 g/mol. The van der Waals surface area contributed by atoms with Gasteiger partial charge in [0.2, 0.25) is 0 Å². The average molecular weight is 243 g/mol. The van der Waals surface area contributed by atoms with Gasteiger partial charge in [-0.05, 0) is 17.7 Å². The number of hydrogen-bond donors (Lipinski definition) is 3. The lowest BCUT2D eigenvalue weighted by Gasteiger charge is -2.22. The molecule has 0 saturated heterocycles. The van der Waals surface area contributed by atoms with Gasteiger partial charge >= 0.3 is 0 Å². The molecule has 4 N–H and O–H groups in total. The van der Waals surface area contributed by atoms with Crippen LogP contribution < -0.4 is 5.73 Å². The quantitative estimate of drug-likeness (QED) is 0.776. The van der Waals surface area contributed by atoms with Crippen LogP contribution in [0.2, 0.25) is 0 Å². The van der Waals surface area contributed by atoms with Crippen LogP contribution in [0.4, 0.5) is 0 Å². The van der Waals surface area contributed by atoms with Crippen molar-refractivity contribution in [2.45, 2.75) is 18.9 Å². The lowest BCUT2D eigenvalue weighted by molar-refractivity contribution is 0.440. The summed E-state index contributed by atoms with van der Waals surface area (Å²) in [5.74, 6) is 0.336. The summed E-state index contributed by atoms with van der Waals surface area (Å²) in [6.45, 7) is 1.94. The summed E-state index contributed by atoms with van der Waals surface area (Å²) in [7, 11) is 0. The molecule has 94 valence electrons. The molecule has 0 fully saturated rings. The number of phenols is 2. The third-order valence-corrected chi connectivity index (χ3v) is 3.26. The van der Waals surface area contributed by atoms with Crippen molar-refractivity contribution in [3.63, 3.8) is 0 Å². The van der Waals surface area contributed by atoms with E-state index >= 15 is 0 Å². The van der Waals surface area contributed by atoms with E-state index in [1.165, 1.54) is 0 Å². The first kappa shape index (κ1) is 12.5. The highest BCUT2D eigenvalue weighted by molar-refractivity contribution is 5.40. The second kappa shape index (κ2) is 5.10. The highest BCUT2D eigenvalue weighted by Crippen LogP contribution is 2.36. The molecule has 0 saturated carbocycles. The van der Waals surface area contributed by atoms with Crippen molar-refractivity contribution in [1.82, 2.24) is 0 Å². The lowest BCUT2D eigenvalue weighted by atomic mass is 9.88. The van der Waals surface area contributed by atoms with Crippen LogP contribution >= 0.6 is 0 Å². The Morgan fingerprint density at radius 2 is 1.28 bits per heavy atom. The molecule has 0 unspecified atom stereocenters. The van der Waals surface area contributed by atoms with E-state index in [9.17, 15) is 10.2 Å². The molecule has 0 aliphatic carbocycles. The van der Waals surface area contributed by atoms with Crippen molar-refractivity contribution < 1.29 is 10.2 Å². The number of aromatic hydroxyl groups is 2. The Bertz CT molecular complexity index is 490. The SMILES string of the molecule is C[C@H](c1ccccc1O)[C@H](N)c1ccccc1O. The first-order valence-corrected chi connectivity index (χ1v) is 5.92. The molecule has 2 aromatic rings. The first-order chi connectivity index (χ1) is 8.61. The van der Waals surface area contributed by atoms with Gasteiger partial charge in [-0.15, -0.1) is 0 Å². The lowest BCUT2D eigenvalue weighted by Crippen LogP contribution is -2.17. The van der Waals surface area contributed by atoms with Crippen LogP contribution in [0.25, 0.3) is 0 Å². The molecule has 3 heteroatoms. The fourth-order valence-electron chi connectivity index (χ4n) is 2.10. The number of phenolic OH excluding ortho intramolecular Hbond substituents is 2. The van der Waals surface area contributed by atoms with Crippen molar-refractivity contribution in [2.24, 2.45) is 5.73 Å². The normalized spacial score (nSPS) is 14.1. The average Bonchev–Trinajstić information content (AvgIpc) is 2.38. The molecule has 0 aliphatic heterocycles. The Kier molecular flexibility index (Phi) is 3.53. The zero-order valence-electron chi connectivity index (χ0n) is 10.2. The number of nitrogens with two attached hydrogens (primary N) is 1. The van der Waals surface area contributed by atoms with Crippen LogP contribution in [-0.2, 0) is 0 Å². The number of benzene rings is 2. The smallest absolute Gasteiger partial charge is 0.120 e. The highest BCUT2D eigenvalue weighted by Gasteiger charge is 2.21. The molecule has 2 atom stereocenters. The monoisotopic (exact) mass is 243 g/mol. The largest absolute Gasteiger partial charge is 0.508 e. The van der Waals surface area contributed by atoms with Crippen LogP contribution in [0.1, 0.15) is 30.0 Å². The fraction of sp³-hybridized carbons (Fsp3) is 0.200. The Morgan fingerprint density at radius 1 is 0.833 bits per heavy atom. The highest BCUT2D eigenvalue weighted by atomic mass is 16.3. The Balaban J connectivity index is 2.33. The van der Waals surface area contributed by atoms with Gasteiger partial charge in [-0.2, -0.15) is 0 Å². The van der Waals surface area contributed by atoms with E-state index in [1.54, 1.807) is 30.3 Å². The van der Waals surface area contributed by atoms with Crippen LogP contribution in [-0.4, -0.2) is 10.2 Å². The minimum absolute atomic E-state index is 0.0838. The number of hydrogen-bond acceptors (Lipinski definition) is 3. The Hall–Kier alpha value is -2.00. The van der Waals surface area contributed by atoms with Gasteiger partial charge in [0.1, 0.15) is 11.5 Å². The van der Waals surface area contributed by atoms with E-state index in [1.807, 2.05) is 25.1 Å². The van der Waals surface area contributed by atoms with E-state index < -0.39 is 0 Å². The topological polar surface area (TPSA) is 66.5 Å². The maximum atomic E-state index is 9.83. The van der Waals surface area contributed by atoms with Gasteiger partial charge in [0.15, 0.2) is 0 Å². The molecule has 3 nitrogen and oxygen atoms in total. The zero-order valence-corrected chi connectivity index (χ0v) is 10.2. The Labute approximate surface area is 107 Å². The van der Waals surface area contributed by atoms with E-state index in [4.69, 9.17) is 5.73 Å². The van der Waals surface area contributed by atoms with Crippen molar-refractivity contribution in [3.8, 4) is 11.5 Å². The molecule has 0 bridgehead atoms. The molecule has 0 spiro atoms. The second-order valence-corrected chi connectivity index (χ2v) is 4.43. The van der Waals surface area contributed by atoms with Gasteiger partial charge in [0.05, 0.1) is 0 Å². The summed E-state index contributed by atoms with van der Waals surface area (Å²) in [5.41, 5.74) is 7.64. The molecular formula is C15H17NO2. The predicted molar refractivity (Wildman–Crippen MR) is 71.6 cm³/mol. The van der Waals surface area contributed by atoms with Crippen LogP contribution in [0.5, 0.6) is 11.5 Å². The molecule has 0 aromatic heterocycles. The van der Waals surface area contributed by atoms with E-state index in [-0.39, 0.29) is 23.5 Å². The van der Waals surface area contributed by atoms with Crippen LogP contribution in [0.15, 0.2) is 48.5 Å². The minimum Gasteiger partial charge on any atom is -0.508 e. The van der Waals surface area contributed by atoms with Crippen molar-refractivity contribution in [3.05, 3.63) is 59.7 Å². The van der Waals surface area contributed by atoms with Crippen molar-refractivity contribution >= 4 is 0 Å². The number of rotatable bonds is 3. The molecule has 0 radical (unpaired) electrons. The molecule has 0 heterocycles. The summed E-state index contributed by atoms with van der Waals surface area (Å²) >= 11 is 0. The van der Waals surface area contributed by atoms with Gasteiger partial charge in [-0.1, -0.05) is 43.3 Å².